The van der Waals surface area contributed by atoms with E-state index in [-0.39, 0.29) is 11.6 Å². The highest BCUT2D eigenvalue weighted by Crippen LogP contribution is 2.33. The maximum Gasteiger partial charge on any atom is 0.227 e. The van der Waals surface area contributed by atoms with Gasteiger partial charge in [0, 0.05) is 52.5 Å². The van der Waals surface area contributed by atoms with Crippen LogP contribution in [0.3, 0.4) is 0 Å². The maximum atomic E-state index is 12.4. The van der Waals surface area contributed by atoms with Gasteiger partial charge in [0.1, 0.15) is 11.4 Å². The molecule has 3 fully saturated rings. The first-order chi connectivity index (χ1) is 10.7. The molecule has 3 saturated heterocycles. The predicted molar refractivity (Wildman–Crippen MR) is 83.9 cm³/mol. The lowest BCUT2D eigenvalue weighted by Crippen LogP contribution is -2.29. The van der Waals surface area contributed by atoms with Gasteiger partial charge in [-0.3, -0.25) is 9.59 Å². The summed E-state index contributed by atoms with van der Waals surface area (Å²) >= 11 is 0. The molecule has 22 heavy (non-hydrogen) atoms. The van der Waals surface area contributed by atoms with Crippen molar-refractivity contribution in [3.8, 4) is 0 Å². The smallest absolute Gasteiger partial charge is 0.227 e. The molecule has 3 aliphatic heterocycles. The highest BCUT2D eigenvalue weighted by atomic mass is 16.2. The molecule has 6 nitrogen and oxygen atoms in total. The molecule has 1 aliphatic carbocycles. The summed E-state index contributed by atoms with van der Waals surface area (Å²) in [5, 5.41) is 7.00. The van der Waals surface area contributed by atoms with E-state index in [1.807, 2.05) is 14.7 Å². The van der Waals surface area contributed by atoms with Crippen LogP contribution in [0.25, 0.3) is 0 Å². The molecular weight excluding hydrogens is 282 g/mol. The Bertz CT molecular complexity index is 513. The van der Waals surface area contributed by atoms with Crippen LogP contribution in [0.1, 0.15) is 20.3 Å². The molecule has 122 valence electrons. The normalized spacial score (nSPS) is 21.6. The summed E-state index contributed by atoms with van der Waals surface area (Å²) in [6.07, 6.45) is 2.77. The quantitative estimate of drug-likeness (QED) is 0.594. The Balaban J connectivity index is 0.000000319. The summed E-state index contributed by atoms with van der Waals surface area (Å²) < 4.78 is 0. The molecule has 0 bridgehead atoms. The van der Waals surface area contributed by atoms with Gasteiger partial charge in [-0.05, 0) is 0 Å². The van der Waals surface area contributed by atoms with Crippen LogP contribution in [0, 0.1) is 0 Å². The Morgan fingerprint density at radius 3 is 1.68 bits per heavy atom. The first-order valence-corrected chi connectivity index (χ1v) is 7.92. The zero-order valence-electron chi connectivity index (χ0n) is 13.6. The zero-order valence-corrected chi connectivity index (χ0v) is 13.6. The monoisotopic (exact) mass is 307 g/mol. The average Bonchev–Trinajstić information content (AvgIpc) is 3.37. The molecule has 3 heterocycles. The van der Waals surface area contributed by atoms with Crippen molar-refractivity contribution in [1.82, 2.24) is 14.7 Å². The van der Waals surface area contributed by atoms with Crippen LogP contribution in [0.15, 0.2) is 23.2 Å². The molecule has 0 atom stereocenters. The summed E-state index contributed by atoms with van der Waals surface area (Å²) in [7, 11) is 1.00. The third-order valence-electron chi connectivity index (χ3n) is 3.49. The summed E-state index contributed by atoms with van der Waals surface area (Å²) in [5.74, 6) is 0.0485. The van der Waals surface area contributed by atoms with E-state index in [0.29, 0.717) is 17.1 Å². The van der Waals surface area contributed by atoms with Crippen molar-refractivity contribution in [2.75, 3.05) is 46.4 Å². The number of carbonyl (C=O) groups excluding carboxylic acids is 2. The lowest BCUT2D eigenvalue weighted by molar-refractivity contribution is -0.117. The number of aliphatic hydroxyl groups is 1. The van der Waals surface area contributed by atoms with Crippen LogP contribution in [-0.4, -0.2) is 77.8 Å². The second kappa shape index (κ2) is 6.96. The molecule has 0 spiro atoms. The van der Waals surface area contributed by atoms with Crippen molar-refractivity contribution in [2.45, 2.75) is 20.3 Å². The minimum absolute atomic E-state index is 0.00546. The Labute approximate surface area is 131 Å². The van der Waals surface area contributed by atoms with Gasteiger partial charge < -0.3 is 19.8 Å². The number of hydrogen-bond donors (Lipinski definition) is 1. The summed E-state index contributed by atoms with van der Waals surface area (Å²) in [6.45, 7) is 9.66. The number of Topliss-reactive ketones (excluding diaryl/α,β-unsaturated/α-hetero) is 1. The molecule has 0 aromatic heterocycles. The van der Waals surface area contributed by atoms with E-state index in [0.717, 1.165) is 46.4 Å². The van der Waals surface area contributed by atoms with Gasteiger partial charge in [0.05, 0.1) is 5.70 Å². The van der Waals surface area contributed by atoms with Crippen LogP contribution in [0.5, 0.6) is 0 Å². The predicted octanol–water partition coefficient (Wildman–Crippen LogP) is 0.205. The molecule has 4 rings (SSSR count). The van der Waals surface area contributed by atoms with E-state index in [1.165, 1.54) is 12.5 Å². The van der Waals surface area contributed by atoms with E-state index >= 15 is 0 Å². The number of aliphatic hydroxyl groups excluding tert-OH is 1. The van der Waals surface area contributed by atoms with Crippen molar-refractivity contribution in [1.29, 1.82) is 0 Å². The number of ketones is 2. The summed E-state index contributed by atoms with van der Waals surface area (Å²) in [5.41, 5.74) is 1.89. The number of allylic oxidation sites excluding steroid dienone is 1. The number of carbonyl (C=O) groups is 2. The van der Waals surface area contributed by atoms with Crippen LogP contribution in [-0.2, 0) is 9.59 Å². The highest BCUT2D eigenvalue weighted by Gasteiger charge is 2.43. The first-order valence-electron chi connectivity index (χ1n) is 7.92. The second-order valence-corrected chi connectivity index (χ2v) is 5.59. The molecule has 6 heteroatoms. The van der Waals surface area contributed by atoms with Crippen LogP contribution in [0.2, 0.25) is 0 Å². The number of nitrogens with zero attached hydrogens (tertiary/aromatic N) is 3. The van der Waals surface area contributed by atoms with Crippen molar-refractivity contribution < 1.29 is 14.7 Å². The van der Waals surface area contributed by atoms with Gasteiger partial charge in [-0.2, -0.15) is 0 Å². The third-order valence-corrected chi connectivity index (χ3v) is 3.49. The van der Waals surface area contributed by atoms with Crippen LogP contribution in [0.4, 0.5) is 0 Å². The second-order valence-electron chi connectivity index (χ2n) is 5.59. The van der Waals surface area contributed by atoms with Gasteiger partial charge in [0.15, 0.2) is 0 Å². The van der Waals surface area contributed by atoms with Crippen LogP contribution >= 0.6 is 0 Å². The lowest BCUT2D eigenvalue weighted by Gasteiger charge is -2.21. The molecule has 4 aliphatic rings. The Hall–Kier alpha value is -1.82. The van der Waals surface area contributed by atoms with Gasteiger partial charge in [0.2, 0.25) is 11.6 Å². The van der Waals surface area contributed by atoms with E-state index in [2.05, 4.69) is 13.8 Å². The van der Waals surface area contributed by atoms with Gasteiger partial charge >= 0.3 is 0 Å². The summed E-state index contributed by atoms with van der Waals surface area (Å²) in [4.78, 5) is 30.5. The number of hydrogen-bond acceptors (Lipinski definition) is 6. The van der Waals surface area contributed by atoms with E-state index in [9.17, 15) is 9.59 Å². The molecule has 0 aromatic carbocycles. The van der Waals surface area contributed by atoms with Crippen molar-refractivity contribution in [2.24, 2.45) is 0 Å². The Morgan fingerprint density at radius 2 is 1.27 bits per heavy atom. The zero-order chi connectivity index (χ0) is 16.3. The third kappa shape index (κ3) is 3.50. The van der Waals surface area contributed by atoms with E-state index < -0.39 is 0 Å². The fraction of sp³-hybridized carbons (Fsp3) is 0.625. The first kappa shape index (κ1) is 16.5. The molecule has 1 N–H and O–H groups in total. The number of rotatable bonds is 3. The SMILES string of the molecule is CCC.CO.O=C1C=C(N2CC2)C(=O)C(N2CC2)=C1N1CC1. The summed E-state index contributed by atoms with van der Waals surface area (Å²) in [6, 6.07) is 0. The molecule has 0 unspecified atom stereocenters. The highest BCUT2D eigenvalue weighted by molar-refractivity contribution is 6.22. The largest absolute Gasteiger partial charge is 0.400 e. The topological polar surface area (TPSA) is 63.4 Å². The van der Waals surface area contributed by atoms with Crippen molar-refractivity contribution in [3.05, 3.63) is 23.2 Å². The van der Waals surface area contributed by atoms with Gasteiger partial charge in [-0.25, -0.2) is 0 Å². The molecule has 0 amide bonds. The molecule has 0 aromatic rings. The van der Waals surface area contributed by atoms with Gasteiger partial charge in [-0.1, -0.05) is 20.3 Å². The van der Waals surface area contributed by atoms with Gasteiger partial charge in [0.25, 0.3) is 0 Å². The minimum atomic E-state index is 0.00546. The molecule has 0 saturated carbocycles. The lowest BCUT2D eigenvalue weighted by atomic mass is 10.0. The fourth-order valence-corrected chi connectivity index (χ4v) is 2.28. The van der Waals surface area contributed by atoms with E-state index in [4.69, 9.17) is 5.11 Å². The molecule has 0 radical (unpaired) electrons. The van der Waals surface area contributed by atoms with Crippen molar-refractivity contribution >= 4 is 11.6 Å². The fourth-order valence-electron chi connectivity index (χ4n) is 2.28. The molecular formula is C16H25N3O3. The van der Waals surface area contributed by atoms with Crippen molar-refractivity contribution in [3.63, 3.8) is 0 Å². The minimum Gasteiger partial charge on any atom is -0.400 e. The average molecular weight is 307 g/mol. The maximum absolute atomic E-state index is 12.4. The van der Waals surface area contributed by atoms with Gasteiger partial charge in [-0.15, -0.1) is 0 Å². The standard InChI is InChI=1S/C12H13N3O2.C3H8.CH4O/c16-9-7-8(13-1-2-13)12(17)11(15-5-6-15)10(9)14-3-4-14;1-3-2;1-2/h7H,1-6H2;3H2,1-2H3;2H,1H3. The Morgan fingerprint density at radius 1 is 0.864 bits per heavy atom. The Kier molecular flexibility index (Phi) is 5.24. The van der Waals surface area contributed by atoms with Crippen LogP contribution < -0.4 is 0 Å². The van der Waals surface area contributed by atoms with E-state index in [1.54, 1.807) is 0 Å².